The van der Waals surface area contributed by atoms with Crippen molar-refractivity contribution in [1.82, 2.24) is 5.32 Å². The second kappa shape index (κ2) is 4.73. The van der Waals surface area contributed by atoms with Crippen molar-refractivity contribution in [2.45, 2.75) is 25.4 Å². The van der Waals surface area contributed by atoms with Crippen LogP contribution >= 0.6 is 0 Å². The summed E-state index contributed by atoms with van der Waals surface area (Å²) in [5.41, 5.74) is 7.18. The summed E-state index contributed by atoms with van der Waals surface area (Å²) in [5.74, 6) is 0. The topological polar surface area (TPSA) is 47.3 Å². The maximum Gasteiger partial charge on any atom is 0.0587 e. The normalized spacial score (nSPS) is 31.7. The van der Waals surface area contributed by atoms with Crippen LogP contribution in [0.5, 0.6) is 0 Å². The fraction of sp³-hybridized carbons (Fsp3) is 0.636. The number of nitrogens with one attached hydrogen (secondary N) is 1. The monoisotopic (exact) mass is 196 g/mol. The largest absolute Gasteiger partial charge is 0.383 e. The van der Waals surface area contributed by atoms with E-state index in [-0.39, 0.29) is 11.6 Å². The molecule has 14 heavy (non-hydrogen) atoms. The summed E-state index contributed by atoms with van der Waals surface area (Å²) >= 11 is 0. The summed E-state index contributed by atoms with van der Waals surface area (Å²) in [6, 6.07) is 0.0457. The van der Waals surface area contributed by atoms with E-state index in [0.29, 0.717) is 6.61 Å². The highest BCUT2D eigenvalue weighted by atomic mass is 16.5. The molecular formula is C11H20N2O. The minimum Gasteiger partial charge on any atom is -0.383 e. The molecule has 1 aliphatic carbocycles. The van der Waals surface area contributed by atoms with Gasteiger partial charge in [-0.2, -0.15) is 0 Å². The first-order valence-corrected chi connectivity index (χ1v) is 4.96. The summed E-state index contributed by atoms with van der Waals surface area (Å²) < 4.78 is 5.00. The van der Waals surface area contributed by atoms with Crippen molar-refractivity contribution in [2.24, 2.45) is 5.73 Å². The summed E-state index contributed by atoms with van der Waals surface area (Å²) in [7, 11) is 1.70. The molecule has 0 aliphatic heterocycles. The van der Waals surface area contributed by atoms with E-state index in [1.807, 2.05) is 0 Å². The first kappa shape index (κ1) is 11.4. The van der Waals surface area contributed by atoms with Crippen molar-refractivity contribution in [3.8, 4) is 0 Å². The average Bonchev–Trinajstić information content (AvgIpc) is 2.15. The van der Waals surface area contributed by atoms with E-state index < -0.39 is 0 Å². The van der Waals surface area contributed by atoms with Crippen molar-refractivity contribution >= 4 is 0 Å². The van der Waals surface area contributed by atoms with Crippen LogP contribution in [0.3, 0.4) is 0 Å². The van der Waals surface area contributed by atoms with Gasteiger partial charge >= 0.3 is 0 Å². The zero-order valence-electron chi connectivity index (χ0n) is 9.21. The molecule has 0 aromatic rings. The summed E-state index contributed by atoms with van der Waals surface area (Å²) in [6.45, 7) is 5.70. The summed E-state index contributed by atoms with van der Waals surface area (Å²) in [4.78, 5) is 0. The second-order valence-electron chi connectivity index (χ2n) is 3.95. The molecule has 0 aromatic carbocycles. The van der Waals surface area contributed by atoms with Crippen LogP contribution in [-0.2, 0) is 4.74 Å². The highest BCUT2D eigenvalue weighted by molar-refractivity contribution is 5.31. The van der Waals surface area contributed by atoms with E-state index in [1.165, 1.54) is 5.57 Å². The van der Waals surface area contributed by atoms with E-state index in [2.05, 4.69) is 37.4 Å². The van der Waals surface area contributed by atoms with Gasteiger partial charge in [-0.05, 0) is 13.8 Å². The van der Waals surface area contributed by atoms with Gasteiger partial charge < -0.3 is 15.8 Å². The molecule has 3 N–H and O–H groups in total. The Balaban J connectivity index is 2.56. The molecule has 0 saturated carbocycles. The first-order valence-electron chi connectivity index (χ1n) is 4.96. The lowest BCUT2D eigenvalue weighted by Crippen LogP contribution is -2.56. The quantitative estimate of drug-likeness (QED) is 0.655. The van der Waals surface area contributed by atoms with Crippen molar-refractivity contribution < 1.29 is 4.74 Å². The van der Waals surface area contributed by atoms with E-state index in [9.17, 15) is 0 Å². The minimum atomic E-state index is -0.142. The highest BCUT2D eigenvalue weighted by Crippen LogP contribution is 2.21. The number of nitrogens with two attached hydrogens (primary N) is 1. The van der Waals surface area contributed by atoms with Crippen LogP contribution in [0.1, 0.15) is 13.8 Å². The third-order valence-corrected chi connectivity index (χ3v) is 2.75. The molecule has 3 nitrogen and oxygen atoms in total. The SMILES string of the molecule is COCCNC1(C)C=CC=C(C)C1N. The Hall–Kier alpha value is -0.640. The molecule has 0 bridgehead atoms. The van der Waals surface area contributed by atoms with Gasteiger partial charge in [0.25, 0.3) is 0 Å². The minimum absolute atomic E-state index is 0.0457. The van der Waals surface area contributed by atoms with Gasteiger partial charge in [0.2, 0.25) is 0 Å². The summed E-state index contributed by atoms with van der Waals surface area (Å²) in [5, 5.41) is 3.40. The van der Waals surface area contributed by atoms with Gasteiger partial charge in [-0.3, -0.25) is 0 Å². The van der Waals surface area contributed by atoms with E-state index >= 15 is 0 Å². The van der Waals surface area contributed by atoms with E-state index in [1.54, 1.807) is 7.11 Å². The maximum atomic E-state index is 6.12. The van der Waals surface area contributed by atoms with Crippen molar-refractivity contribution in [2.75, 3.05) is 20.3 Å². The van der Waals surface area contributed by atoms with Gasteiger partial charge in [0.15, 0.2) is 0 Å². The highest BCUT2D eigenvalue weighted by Gasteiger charge is 2.30. The molecule has 1 rings (SSSR count). The van der Waals surface area contributed by atoms with Gasteiger partial charge in [0, 0.05) is 19.7 Å². The number of ether oxygens (including phenoxy) is 1. The fourth-order valence-electron chi connectivity index (χ4n) is 1.67. The third kappa shape index (κ3) is 2.44. The number of hydrogen-bond donors (Lipinski definition) is 2. The van der Waals surface area contributed by atoms with Gasteiger partial charge in [-0.1, -0.05) is 23.8 Å². The Morgan fingerprint density at radius 3 is 3.00 bits per heavy atom. The van der Waals surface area contributed by atoms with Crippen LogP contribution in [0.2, 0.25) is 0 Å². The van der Waals surface area contributed by atoms with Crippen LogP contribution in [0, 0.1) is 0 Å². The Morgan fingerprint density at radius 2 is 2.36 bits per heavy atom. The Kier molecular flexibility index (Phi) is 3.86. The van der Waals surface area contributed by atoms with Crippen molar-refractivity contribution in [3.63, 3.8) is 0 Å². The molecule has 80 valence electrons. The van der Waals surface area contributed by atoms with Crippen LogP contribution in [-0.4, -0.2) is 31.8 Å². The predicted octanol–water partition coefficient (Wildman–Crippen LogP) is 0.825. The van der Waals surface area contributed by atoms with Crippen LogP contribution in [0.25, 0.3) is 0 Å². The lowest BCUT2D eigenvalue weighted by atomic mass is 9.84. The molecule has 3 heteroatoms. The summed E-state index contributed by atoms with van der Waals surface area (Å²) in [6.07, 6.45) is 6.23. The zero-order valence-corrected chi connectivity index (χ0v) is 9.21. The lowest BCUT2D eigenvalue weighted by Gasteiger charge is -2.36. The van der Waals surface area contributed by atoms with Crippen molar-refractivity contribution in [1.29, 1.82) is 0 Å². The van der Waals surface area contributed by atoms with Gasteiger partial charge in [0.1, 0.15) is 0 Å². The molecule has 0 heterocycles. The predicted molar refractivity (Wildman–Crippen MR) is 59.2 cm³/mol. The first-order chi connectivity index (χ1) is 6.60. The smallest absolute Gasteiger partial charge is 0.0587 e. The Morgan fingerprint density at radius 1 is 1.64 bits per heavy atom. The number of rotatable bonds is 4. The molecule has 0 saturated heterocycles. The number of allylic oxidation sites excluding steroid dienone is 2. The van der Waals surface area contributed by atoms with Crippen LogP contribution < -0.4 is 11.1 Å². The molecule has 1 aliphatic rings. The van der Waals surface area contributed by atoms with E-state index in [0.717, 1.165) is 6.54 Å². The fourth-order valence-corrected chi connectivity index (χ4v) is 1.67. The van der Waals surface area contributed by atoms with Gasteiger partial charge in [-0.15, -0.1) is 0 Å². The van der Waals surface area contributed by atoms with E-state index in [4.69, 9.17) is 10.5 Å². The van der Waals surface area contributed by atoms with Crippen molar-refractivity contribution in [3.05, 3.63) is 23.8 Å². The van der Waals surface area contributed by atoms with Gasteiger partial charge in [0.05, 0.1) is 12.1 Å². The lowest BCUT2D eigenvalue weighted by molar-refractivity contribution is 0.189. The third-order valence-electron chi connectivity index (χ3n) is 2.75. The zero-order chi connectivity index (χ0) is 10.6. The Labute approximate surface area is 86.0 Å². The molecular weight excluding hydrogens is 176 g/mol. The number of hydrogen-bond acceptors (Lipinski definition) is 3. The molecule has 0 spiro atoms. The molecule has 0 fully saturated rings. The number of methoxy groups -OCH3 is 1. The second-order valence-corrected chi connectivity index (χ2v) is 3.95. The maximum absolute atomic E-state index is 6.12. The standard InChI is InChI=1S/C11H20N2O/c1-9-5-4-6-11(2,10(9)12)13-7-8-14-3/h4-6,10,13H,7-8,12H2,1-3H3. The molecule has 0 radical (unpaired) electrons. The van der Waals surface area contributed by atoms with Gasteiger partial charge in [-0.25, -0.2) is 0 Å². The van der Waals surface area contributed by atoms with Crippen LogP contribution in [0.15, 0.2) is 23.8 Å². The average molecular weight is 196 g/mol. The molecule has 2 atom stereocenters. The Bertz CT molecular complexity index is 248. The molecule has 2 unspecified atom stereocenters. The molecule has 0 aromatic heterocycles. The molecule has 0 amide bonds. The van der Waals surface area contributed by atoms with Crippen LogP contribution in [0.4, 0.5) is 0 Å².